The van der Waals surface area contributed by atoms with Crippen molar-refractivity contribution in [2.45, 2.75) is 51.0 Å². The van der Waals surface area contributed by atoms with Gasteiger partial charge in [-0.05, 0) is 37.4 Å². The summed E-state index contributed by atoms with van der Waals surface area (Å²) in [7, 11) is 0. The van der Waals surface area contributed by atoms with Gasteiger partial charge in [0.15, 0.2) is 0 Å². The number of nitrogens with one attached hydrogen (secondary N) is 1. The molecule has 1 aromatic rings. The third-order valence-electron chi connectivity index (χ3n) is 3.79. The van der Waals surface area contributed by atoms with Crippen LogP contribution in [0, 0.1) is 0 Å². The van der Waals surface area contributed by atoms with Gasteiger partial charge in [0.25, 0.3) is 0 Å². The average molecular weight is 253 g/mol. The summed E-state index contributed by atoms with van der Waals surface area (Å²) in [6.07, 6.45) is 6.95. The first-order valence-corrected chi connectivity index (χ1v) is 6.96. The van der Waals surface area contributed by atoms with Crippen LogP contribution in [0.1, 0.15) is 45.1 Å². The van der Waals surface area contributed by atoms with Crippen molar-refractivity contribution in [2.75, 3.05) is 6.54 Å². The summed E-state index contributed by atoms with van der Waals surface area (Å²) in [5.41, 5.74) is 1.67. The van der Waals surface area contributed by atoms with Gasteiger partial charge in [-0.2, -0.15) is 0 Å². The van der Waals surface area contributed by atoms with Crippen LogP contribution in [0.4, 0.5) is 0 Å². The Morgan fingerprint density at radius 3 is 2.65 bits per heavy atom. The molecule has 2 nitrogen and oxygen atoms in total. The number of rotatable bonds is 6. The van der Waals surface area contributed by atoms with Gasteiger partial charge in [0, 0.05) is 17.7 Å². The Labute approximate surface area is 109 Å². The molecule has 0 unspecified atom stereocenters. The molecule has 1 aliphatic rings. The van der Waals surface area contributed by atoms with Crippen LogP contribution >= 0.6 is 11.6 Å². The second-order valence-corrected chi connectivity index (χ2v) is 5.31. The predicted octanol–water partition coefficient (Wildman–Crippen LogP) is 3.54. The molecule has 1 saturated carbocycles. The van der Waals surface area contributed by atoms with E-state index in [2.05, 4.69) is 30.2 Å². The molecule has 0 spiro atoms. The summed E-state index contributed by atoms with van der Waals surface area (Å²) in [5, 5.41) is 4.22. The van der Waals surface area contributed by atoms with Crippen LogP contribution in [0.25, 0.3) is 0 Å². The molecular formula is C14H21ClN2. The van der Waals surface area contributed by atoms with E-state index in [9.17, 15) is 0 Å². The zero-order valence-electron chi connectivity index (χ0n) is 10.7. The van der Waals surface area contributed by atoms with Gasteiger partial charge in [-0.1, -0.05) is 37.9 Å². The molecule has 1 N–H and O–H groups in total. The van der Waals surface area contributed by atoms with Crippen LogP contribution in [0.3, 0.4) is 0 Å². The van der Waals surface area contributed by atoms with E-state index in [-0.39, 0.29) is 0 Å². The fourth-order valence-electron chi connectivity index (χ4n) is 2.75. The third kappa shape index (κ3) is 2.63. The van der Waals surface area contributed by atoms with E-state index in [0.29, 0.717) is 16.6 Å². The smallest absolute Gasteiger partial charge is 0.129 e. The molecule has 1 heterocycles. The number of hydrogen-bond acceptors (Lipinski definition) is 2. The van der Waals surface area contributed by atoms with Crippen molar-refractivity contribution in [3.05, 3.63) is 29.0 Å². The lowest BCUT2D eigenvalue weighted by Gasteiger charge is -2.28. The Morgan fingerprint density at radius 1 is 1.41 bits per heavy atom. The largest absolute Gasteiger partial charge is 0.313 e. The first-order valence-electron chi connectivity index (χ1n) is 6.58. The van der Waals surface area contributed by atoms with Gasteiger partial charge < -0.3 is 5.32 Å². The molecule has 0 aliphatic heterocycles. The molecule has 1 atom stereocenters. The quantitative estimate of drug-likeness (QED) is 0.784. The molecule has 3 heteroatoms. The van der Waals surface area contributed by atoms with Crippen molar-refractivity contribution in [3.63, 3.8) is 0 Å². The number of pyridine rings is 1. The Bertz CT molecular complexity index is 351. The van der Waals surface area contributed by atoms with Gasteiger partial charge in [-0.15, -0.1) is 0 Å². The zero-order valence-corrected chi connectivity index (χ0v) is 11.4. The first-order chi connectivity index (χ1) is 8.23. The van der Waals surface area contributed by atoms with Gasteiger partial charge in [0.05, 0.1) is 0 Å². The molecule has 2 rings (SSSR count). The molecule has 17 heavy (non-hydrogen) atoms. The van der Waals surface area contributed by atoms with Crippen LogP contribution < -0.4 is 5.32 Å². The van der Waals surface area contributed by atoms with Crippen molar-refractivity contribution in [1.29, 1.82) is 0 Å². The standard InChI is InChI=1S/C14H21ClN2/c1-3-5-12(16-4-2)14(8-9-14)11-6-7-13(15)17-10-11/h6-7,10,12,16H,3-5,8-9H2,1-2H3/t12-/m1/s1. The molecule has 94 valence electrons. The number of halogens is 1. The molecule has 0 aromatic carbocycles. The summed E-state index contributed by atoms with van der Waals surface area (Å²) in [5.74, 6) is 0. The minimum Gasteiger partial charge on any atom is -0.313 e. The van der Waals surface area contributed by atoms with E-state index in [1.807, 2.05) is 12.3 Å². The van der Waals surface area contributed by atoms with Crippen molar-refractivity contribution >= 4 is 11.6 Å². The average Bonchev–Trinajstić information content (AvgIpc) is 3.11. The second kappa shape index (κ2) is 5.36. The Kier molecular flexibility index (Phi) is 4.05. The minimum atomic E-state index is 0.323. The minimum absolute atomic E-state index is 0.323. The second-order valence-electron chi connectivity index (χ2n) is 4.92. The SMILES string of the molecule is CCC[C@@H](NCC)C1(c2ccc(Cl)nc2)CC1. The van der Waals surface area contributed by atoms with Crippen molar-refractivity contribution in [3.8, 4) is 0 Å². The van der Waals surface area contributed by atoms with E-state index in [1.54, 1.807) is 0 Å². The lowest BCUT2D eigenvalue weighted by molar-refractivity contribution is 0.396. The first kappa shape index (κ1) is 12.8. The normalized spacial score (nSPS) is 19.0. The third-order valence-corrected chi connectivity index (χ3v) is 4.01. The van der Waals surface area contributed by atoms with Crippen molar-refractivity contribution in [1.82, 2.24) is 10.3 Å². The number of likely N-dealkylation sites (N-methyl/N-ethyl adjacent to an activating group) is 1. The maximum atomic E-state index is 5.86. The van der Waals surface area contributed by atoms with E-state index in [0.717, 1.165) is 6.54 Å². The van der Waals surface area contributed by atoms with E-state index in [1.165, 1.54) is 31.2 Å². The molecule has 0 saturated heterocycles. The number of aromatic nitrogens is 1. The lowest BCUT2D eigenvalue weighted by Crippen LogP contribution is -2.39. The molecule has 1 aliphatic carbocycles. The maximum absolute atomic E-state index is 5.86. The highest BCUT2D eigenvalue weighted by Crippen LogP contribution is 2.51. The van der Waals surface area contributed by atoms with Gasteiger partial charge >= 0.3 is 0 Å². The summed E-state index contributed by atoms with van der Waals surface area (Å²) in [6, 6.07) is 4.63. The molecule has 1 aromatic heterocycles. The van der Waals surface area contributed by atoms with Crippen LogP contribution in [0.5, 0.6) is 0 Å². The molecular weight excluding hydrogens is 232 g/mol. The van der Waals surface area contributed by atoms with Crippen molar-refractivity contribution in [2.24, 2.45) is 0 Å². The van der Waals surface area contributed by atoms with Gasteiger partial charge in [0.2, 0.25) is 0 Å². The zero-order chi connectivity index (χ0) is 12.3. The van der Waals surface area contributed by atoms with Crippen LogP contribution in [0.15, 0.2) is 18.3 Å². The van der Waals surface area contributed by atoms with E-state index >= 15 is 0 Å². The number of hydrogen-bond donors (Lipinski definition) is 1. The van der Waals surface area contributed by atoms with E-state index < -0.39 is 0 Å². The molecule has 0 radical (unpaired) electrons. The fraction of sp³-hybridized carbons (Fsp3) is 0.643. The highest BCUT2D eigenvalue weighted by molar-refractivity contribution is 6.29. The molecule has 0 amide bonds. The molecule has 0 bridgehead atoms. The molecule has 1 fully saturated rings. The van der Waals surface area contributed by atoms with Gasteiger partial charge in [-0.25, -0.2) is 4.98 Å². The van der Waals surface area contributed by atoms with Crippen LogP contribution in [-0.4, -0.2) is 17.6 Å². The maximum Gasteiger partial charge on any atom is 0.129 e. The number of nitrogens with zero attached hydrogens (tertiary/aromatic N) is 1. The summed E-state index contributed by atoms with van der Waals surface area (Å²) >= 11 is 5.86. The van der Waals surface area contributed by atoms with Gasteiger partial charge in [0.1, 0.15) is 5.15 Å². The van der Waals surface area contributed by atoms with Crippen LogP contribution in [-0.2, 0) is 5.41 Å². The predicted molar refractivity (Wildman–Crippen MR) is 72.5 cm³/mol. The topological polar surface area (TPSA) is 24.9 Å². The fourth-order valence-corrected chi connectivity index (χ4v) is 2.86. The highest BCUT2D eigenvalue weighted by atomic mass is 35.5. The Hall–Kier alpha value is -0.600. The highest BCUT2D eigenvalue weighted by Gasteiger charge is 2.49. The summed E-state index contributed by atoms with van der Waals surface area (Å²) in [4.78, 5) is 4.23. The van der Waals surface area contributed by atoms with E-state index in [4.69, 9.17) is 11.6 Å². The van der Waals surface area contributed by atoms with Crippen LogP contribution in [0.2, 0.25) is 5.15 Å². The van der Waals surface area contributed by atoms with Crippen molar-refractivity contribution < 1.29 is 0 Å². The summed E-state index contributed by atoms with van der Waals surface area (Å²) in [6.45, 7) is 5.47. The van der Waals surface area contributed by atoms with Gasteiger partial charge in [-0.3, -0.25) is 0 Å². The monoisotopic (exact) mass is 252 g/mol. The Balaban J connectivity index is 2.19. The summed E-state index contributed by atoms with van der Waals surface area (Å²) < 4.78 is 0. The lowest BCUT2D eigenvalue weighted by atomic mass is 9.86. The Morgan fingerprint density at radius 2 is 2.18 bits per heavy atom.